The van der Waals surface area contributed by atoms with Gasteiger partial charge in [-0.2, -0.15) is 0 Å². The van der Waals surface area contributed by atoms with Crippen LogP contribution in [0.15, 0.2) is 0 Å². The van der Waals surface area contributed by atoms with Gasteiger partial charge < -0.3 is 5.73 Å². The average molecular weight is 161 g/mol. The van der Waals surface area contributed by atoms with Crippen molar-refractivity contribution in [3.8, 4) is 0 Å². The van der Waals surface area contributed by atoms with Crippen LogP contribution < -0.4 is 5.73 Å². The van der Waals surface area contributed by atoms with Crippen LogP contribution in [0, 0.1) is 0 Å². The van der Waals surface area contributed by atoms with E-state index in [1.165, 1.54) is 0 Å². The zero-order valence-electron chi connectivity index (χ0n) is 7.76. The van der Waals surface area contributed by atoms with Gasteiger partial charge in [0.1, 0.15) is 0 Å². The molecule has 0 radical (unpaired) electrons. The monoisotopic (exact) mass is 161 g/mol. The van der Waals surface area contributed by atoms with Crippen LogP contribution in [-0.2, 0) is 0 Å². The van der Waals surface area contributed by atoms with E-state index in [2.05, 4.69) is 34.6 Å². The molecular formula is C8H20NP. The van der Waals surface area contributed by atoms with Crippen LogP contribution in [0.4, 0.5) is 0 Å². The molecule has 0 bridgehead atoms. The Morgan fingerprint density at radius 1 is 0.900 bits per heavy atom. The molecule has 0 aliphatic heterocycles. The Balaban J connectivity index is 3.98. The van der Waals surface area contributed by atoms with Gasteiger partial charge in [0.05, 0.1) is 0 Å². The number of hydrogen-bond donors (Lipinski definition) is 1. The number of hydrogen-bond acceptors (Lipinski definition) is 1. The summed E-state index contributed by atoms with van der Waals surface area (Å²) in [5.74, 6) is 0.398. The van der Waals surface area contributed by atoms with E-state index in [-0.39, 0.29) is 7.92 Å². The Bertz CT molecular complexity index is 70.2. The lowest BCUT2D eigenvalue weighted by Gasteiger charge is -2.29. The molecule has 0 aliphatic rings. The van der Waals surface area contributed by atoms with E-state index in [9.17, 15) is 0 Å². The van der Waals surface area contributed by atoms with Crippen LogP contribution in [0.1, 0.15) is 34.6 Å². The highest BCUT2D eigenvalue weighted by molar-refractivity contribution is 7.59. The Labute approximate surface area is 66.1 Å². The van der Waals surface area contributed by atoms with Gasteiger partial charge in [-0.25, -0.2) is 0 Å². The molecule has 0 aromatic carbocycles. The lowest BCUT2D eigenvalue weighted by atomic mass is 10.5. The molecule has 2 N–H and O–H groups in total. The standard InChI is InChI=1S/C8H20NP/c1-6(2)10(7(3)4)8(5)9/h6-8H,9H2,1-5H3. The number of nitrogens with two attached hydrogens (primary N) is 1. The minimum absolute atomic E-state index is 0.0401. The summed E-state index contributed by atoms with van der Waals surface area (Å²) in [4.78, 5) is 0. The molecule has 10 heavy (non-hydrogen) atoms. The van der Waals surface area contributed by atoms with E-state index in [0.29, 0.717) is 5.78 Å². The summed E-state index contributed by atoms with van der Waals surface area (Å²) in [6.45, 7) is 11.2. The first kappa shape index (κ1) is 10.4. The highest BCUT2D eigenvalue weighted by Gasteiger charge is 2.19. The van der Waals surface area contributed by atoms with Gasteiger partial charge >= 0.3 is 0 Å². The summed E-state index contributed by atoms with van der Waals surface area (Å²) in [5, 5.41) is 0. The molecule has 0 saturated carbocycles. The molecule has 0 saturated heterocycles. The molecule has 0 spiro atoms. The van der Waals surface area contributed by atoms with Crippen LogP contribution in [0.3, 0.4) is 0 Å². The molecule has 1 unspecified atom stereocenters. The Kier molecular flexibility index (Phi) is 4.47. The minimum atomic E-state index is 0.0401. The van der Waals surface area contributed by atoms with Crippen molar-refractivity contribution in [2.75, 3.05) is 0 Å². The second-order valence-electron chi connectivity index (χ2n) is 3.38. The van der Waals surface area contributed by atoms with E-state index in [4.69, 9.17) is 5.73 Å². The van der Waals surface area contributed by atoms with Gasteiger partial charge in [-0.15, -0.1) is 0 Å². The summed E-state index contributed by atoms with van der Waals surface area (Å²) in [6, 6.07) is 0. The van der Waals surface area contributed by atoms with E-state index >= 15 is 0 Å². The molecule has 0 aromatic rings. The summed E-state index contributed by atoms with van der Waals surface area (Å²) in [6.07, 6.45) is 0. The fourth-order valence-electron chi connectivity index (χ4n) is 1.54. The van der Waals surface area contributed by atoms with Crippen molar-refractivity contribution in [3.63, 3.8) is 0 Å². The van der Waals surface area contributed by atoms with Crippen molar-refractivity contribution in [2.45, 2.75) is 51.7 Å². The molecule has 2 heteroatoms. The quantitative estimate of drug-likeness (QED) is 0.632. The first-order chi connectivity index (χ1) is 4.46. The normalized spacial score (nSPS) is 15.3. The van der Waals surface area contributed by atoms with Gasteiger partial charge in [0, 0.05) is 5.78 Å². The van der Waals surface area contributed by atoms with Gasteiger partial charge in [0.25, 0.3) is 0 Å². The molecule has 0 amide bonds. The molecule has 0 aromatic heterocycles. The SMILES string of the molecule is CC(C)P(C(C)C)C(C)N. The Morgan fingerprint density at radius 3 is 1.20 bits per heavy atom. The van der Waals surface area contributed by atoms with Crippen molar-refractivity contribution in [2.24, 2.45) is 5.73 Å². The first-order valence-electron chi connectivity index (χ1n) is 3.99. The summed E-state index contributed by atoms with van der Waals surface area (Å²) < 4.78 is 0. The molecule has 1 nitrogen and oxygen atoms in total. The maximum absolute atomic E-state index is 5.87. The average Bonchev–Trinajstić information content (AvgIpc) is 1.59. The summed E-state index contributed by atoms with van der Waals surface area (Å²) in [7, 11) is 0.0401. The molecular weight excluding hydrogens is 141 g/mol. The first-order valence-corrected chi connectivity index (χ1v) is 5.54. The number of rotatable bonds is 3. The largest absolute Gasteiger partial charge is 0.324 e. The molecule has 0 aliphatic carbocycles. The second kappa shape index (κ2) is 4.31. The van der Waals surface area contributed by atoms with Gasteiger partial charge in [-0.3, -0.25) is 0 Å². The van der Waals surface area contributed by atoms with Gasteiger partial charge in [0.2, 0.25) is 0 Å². The van der Waals surface area contributed by atoms with Crippen LogP contribution in [0.2, 0.25) is 0 Å². The van der Waals surface area contributed by atoms with Gasteiger partial charge in [0.15, 0.2) is 0 Å². The molecule has 1 atom stereocenters. The predicted octanol–water partition coefficient (Wildman–Crippen LogP) is 2.59. The topological polar surface area (TPSA) is 26.0 Å². The lowest BCUT2D eigenvalue weighted by molar-refractivity contribution is 0.923. The smallest absolute Gasteiger partial charge is 0.0218 e. The third kappa shape index (κ3) is 2.98. The fraction of sp³-hybridized carbons (Fsp3) is 1.00. The highest BCUT2D eigenvalue weighted by Crippen LogP contribution is 2.48. The molecule has 0 heterocycles. The van der Waals surface area contributed by atoms with Crippen LogP contribution in [0.25, 0.3) is 0 Å². The summed E-state index contributed by atoms with van der Waals surface area (Å²) in [5.41, 5.74) is 7.41. The zero-order valence-corrected chi connectivity index (χ0v) is 8.65. The van der Waals surface area contributed by atoms with Gasteiger partial charge in [-0.05, 0) is 18.2 Å². The Morgan fingerprint density at radius 2 is 1.20 bits per heavy atom. The van der Waals surface area contributed by atoms with Crippen molar-refractivity contribution >= 4 is 7.92 Å². The van der Waals surface area contributed by atoms with Gasteiger partial charge in [-0.1, -0.05) is 35.6 Å². The van der Waals surface area contributed by atoms with Crippen molar-refractivity contribution in [1.29, 1.82) is 0 Å². The third-order valence-corrected chi connectivity index (χ3v) is 4.99. The predicted molar refractivity (Wildman–Crippen MR) is 50.8 cm³/mol. The fourth-order valence-corrected chi connectivity index (χ4v) is 4.61. The Hall–Kier alpha value is 0.390. The molecule has 0 fully saturated rings. The maximum atomic E-state index is 5.87. The van der Waals surface area contributed by atoms with Crippen molar-refractivity contribution in [3.05, 3.63) is 0 Å². The minimum Gasteiger partial charge on any atom is -0.324 e. The van der Waals surface area contributed by atoms with Crippen LogP contribution >= 0.6 is 7.92 Å². The van der Waals surface area contributed by atoms with E-state index in [1.54, 1.807) is 0 Å². The molecule has 0 rings (SSSR count). The van der Waals surface area contributed by atoms with Crippen LogP contribution in [-0.4, -0.2) is 17.1 Å². The van der Waals surface area contributed by atoms with Crippen molar-refractivity contribution in [1.82, 2.24) is 0 Å². The van der Waals surface area contributed by atoms with E-state index in [1.807, 2.05) is 0 Å². The lowest BCUT2D eigenvalue weighted by Crippen LogP contribution is -2.21. The maximum Gasteiger partial charge on any atom is 0.0218 e. The second-order valence-corrected chi connectivity index (χ2v) is 7.15. The summed E-state index contributed by atoms with van der Waals surface area (Å²) >= 11 is 0. The third-order valence-electron chi connectivity index (χ3n) is 1.66. The highest BCUT2D eigenvalue weighted by atomic mass is 31.1. The van der Waals surface area contributed by atoms with Crippen LogP contribution in [0.5, 0.6) is 0 Å². The zero-order chi connectivity index (χ0) is 8.31. The van der Waals surface area contributed by atoms with E-state index < -0.39 is 0 Å². The molecule has 62 valence electrons. The van der Waals surface area contributed by atoms with E-state index in [0.717, 1.165) is 11.3 Å². The van der Waals surface area contributed by atoms with Crippen molar-refractivity contribution < 1.29 is 0 Å².